The van der Waals surface area contributed by atoms with Crippen LogP contribution < -0.4 is 10.1 Å². The number of aromatic nitrogens is 2. The molecule has 1 unspecified atom stereocenters. The quantitative estimate of drug-likeness (QED) is 0.778. The van der Waals surface area contributed by atoms with Crippen LogP contribution in [0.25, 0.3) is 5.69 Å². The Kier molecular flexibility index (Phi) is 5.61. The maximum absolute atomic E-state index is 13.0. The zero-order chi connectivity index (χ0) is 19.6. The Labute approximate surface area is 165 Å². The molecule has 1 aliphatic carbocycles. The number of nitrogens with one attached hydrogen (secondary N) is 1. The lowest BCUT2D eigenvalue weighted by molar-refractivity contribution is -0.126. The summed E-state index contributed by atoms with van der Waals surface area (Å²) in [6.07, 6.45) is 8.32. The molecule has 1 amide bonds. The van der Waals surface area contributed by atoms with Crippen molar-refractivity contribution < 1.29 is 9.53 Å². The number of amides is 1. The van der Waals surface area contributed by atoms with Gasteiger partial charge < -0.3 is 14.6 Å². The topological polar surface area (TPSA) is 56.1 Å². The Bertz CT molecular complexity index is 870. The number of methoxy groups -OCH3 is 1. The first-order valence-electron chi connectivity index (χ1n) is 9.16. The number of rotatable bonds is 5. The summed E-state index contributed by atoms with van der Waals surface area (Å²) in [6, 6.07) is 5.65. The molecule has 0 spiro atoms. The van der Waals surface area contributed by atoms with Gasteiger partial charge in [0.05, 0.1) is 24.8 Å². The van der Waals surface area contributed by atoms with Gasteiger partial charge in [-0.3, -0.25) is 4.79 Å². The normalized spacial score (nSPS) is 17.4. The summed E-state index contributed by atoms with van der Waals surface area (Å²) in [4.78, 5) is 17.2. The number of halogens is 1. The first-order chi connectivity index (χ1) is 12.8. The molecule has 0 fully saturated rings. The van der Waals surface area contributed by atoms with Crippen LogP contribution in [0.15, 0.2) is 41.8 Å². The number of hydrogen-bond donors (Lipinski definition) is 1. The van der Waals surface area contributed by atoms with Crippen molar-refractivity contribution >= 4 is 23.2 Å². The number of allylic oxidation sites excluding steroid dienone is 2. The highest BCUT2D eigenvalue weighted by Gasteiger charge is 2.37. The molecule has 1 aliphatic rings. The first-order valence-corrected chi connectivity index (χ1v) is 9.54. The van der Waals surface area contributed by atoms with Crippen molar-refractivity contribution in [1.82, 2.24) is 9.55 Å². The van der Waals surface area contributed by atoms with Crippen molar-refractivity contribution in [2.45, 2.75) is 40.0 Å². The molecule has 0 radical (unpaired) electrons. The monoisotopic (exact) mass is 387 g/mol. The fraction of sp³-hybridized carbons (Fsp3) is 0.429. The van der Waals surface area contributed by atoms with Gasteiger partial charge in [-0.1, -0.05) is 31.5 Å². The lowest BCUT2D eigenvalue weighted by Gasteiger charge is -2.34. The third-order valence-corrected chi connectivity index (χ3v) is 5.73. The highest BCUT2D eigenvalue weighted by Crippen LogP contribution is 2.39. The molecule has 1 aromatic heterocycles. The van der Waals surface area contributed by atoms with Crippen LogP contribution in [0.4, 0.5) is 5.69 Å². The molecule has 0 saturated carbocycles. The third kappa shape index (κ3) is 4.19. The van der Waals surface area contributed by atoms with E-state index in [1.165, 1.54) is 0 Å². The zero-order valence-corrected chi connectivity index (χ0v) is 17.0. The van der Waals surface area contributed by atoms with Crippen LogP contribution in [0.3, 0.4) is 0 Å². The van der Waals surface area contributed by atoms with E-state index in [-0.39, 0.29) is 11.8 Å². The first kappa shape index (κ1) is 19.5. The number of benzene rings is 1. The summed E-state index contributed by atoms with van der Waals surface area (Å²) in [5.41, 5.74) is 2.04. The highest BCUT2D eigenvalue weighted by atomic mass is 35.5. The predicted octanol–water partition coefficient (Wildman–Crippen LogP) is 5.08. The van der Waals surface area contributed by atoms with Crippen molar-refractivity contribution in [3.05, 3.63) is 47.5 Å². The second-order valence-corrected chi connectivity index (χ2v) is 8.09. The summed E-state index contributed by atoms with van der Waals surface area (Å²) < 4.78 is 7.43. The minimum Gasteiger partial charge on any atom is -0.494 e. The Morgan fingerprint density at radius 2 is 2.19 bits per heavy atom. The number of carbonyl (C=O) groups is 1. The largest absolute Gasteiger partial charge is 0.494 e. The average Bonchev–Trinajstić information content (AvgIpc) is 3.08. The number of ether oxygens (including phenoxy) is 1. The summed E-state index contributed by atoms with van der Waals surface area (Å²) >= 11 is 6.08. The summed E-state index contributed by atoms with van der Waals surface area (Å²) in [5, 5.41) is 3.95. The van der Waals surface area contributed by atoms with Crippen LogP contribution in [0.2, 0.25) is 0 Å². The summed E-state index contributed by atoms with van der Waals surface area (Å²) in [7, 11) is 1.62. The number of nitrogens with zero attached hydrogens (tertiary/aromatic N) is 2. The van der Waals surface area contributed by atoms with E-state index in [0.29, 0.717) is 5.75 Å². The zero-order valence-electron chi connectivity index (χ0n) is 16.3. The van der Waals surface area contributed by atoms with Crippen molar-refractivity contribution in [3.63, 3.8) is 0 Å². The molecule has 27 heavy (non-hydrogen) atoms. The van der Waals surface area contributed by atoms with Crippen molar-refractivity contribution in [2.75, 3.05) is 12.4 Å². The highest BCUT2D eigenvalue weighted by molar-refractivity contribution is 6.29. The maximum Gasteiger partial charge on any atom is 0.230 e. The van der Waals surface area contributed by atoms with Crippen LogP contribution >= 0.6 is 11.6 Å². The number of aryl methyl sites for hydroxylation is 1. The Morgan fingerprint density at radius 1 is 1.41 bits per heavy atom. The number of hydrogen-bond acceptors (Lipinski definition) is 3. The van der Waals surface area contributed by atoms with Gasteiger partial charge in [0.25, 0.3) is 0 Å². The molecule has 1 N–H and O–H groups in total. The second kappa shape index (κ2) is 7.77. The number of imidazole rings is 1. The molecule has 0 aliphatic heterocycles. The molecule has 0 saturated heterocycles. The molecule has 144 valence electrons. The fourth-order valence-corrected chi connectivity index (χ4v) is 3.66. The Morgan fingerprint density at radius 3 is 2.78 bits per heavy atom. The van der Waals surface area contributed by atoms with Crippen LogP contribution in [0, 0.1) is 18.3 Å². The maximum atomic E-state index is 13.0. The van der Waals surface area contributed by atoms with Crippen LogP contribution in [-0.2, 0) is 4.79 Å². The van der Waals surface area contributed by atoms with Gasteiger partial charge in [0.1, 0.15) is 5.75 Å². The van der Waals surface area contributed by atoms with Gasteiger partial charge in [0, 0.05) is 28.4 Å². The average molecular weight is 388 g/mol. The summed E-state index contributed by atoms with van der Waals surface area (Å²) in [6.45, 7) is 5.94. The smallest absolute Gasteiger partial charge is 0.230 e. The lowest BCUT2D eigenvalue weighted by atomic mass is 9.72. The van der Waals surface area contributed by atoms with Crippen LogP contribution in [0.5, 0.6) is 5.75 Å². The van der Waals surface area contributed by atoms with E-state index in [0.717, 1.165) is 41.4 Å². The van der Waals surface area contributed by atoms with Gasteiger partial charge in [-0.25, -0.2) is 4.98 Å². The summed E-state index contributed by atoms with van der Waals surface area (Å²) in [5.74, 6) is 0.956. The van der Waals surface area contributed by atoms with Crippen molar-refractivity contribution in [3.8, 4) is 11.4 Å². The minimum absolute atomic E-state index is 0.00667. The van der Waals surface area contributed by atoms with Crippen molar-refractivity contribution in [2.24, 2.45) is 11.3 Å². The van der Waals surface area contributed by atoms with Gasteiger partial charge in [-0.05, 0) is 44.2 Å². The third-order valence-electron chi connectivity index (χ3n) is 5.39. The van der Waals surface area contributed by atoms with E-state index in [1.807, 2.05) is 55.8 Å². The van der Waals surface area contributed by atoms with Gasteiger partial charge >= 0.3 is 0 Å². The van der Waals surface area contributed by atoms with E-state index in [1.54, 1.807) is 13.4 Å². The second-order valence-electron chi connectivity index (χ2n) is 7.61. The van der Waals surface area contributed by atoms with E-state index < -0.39 is 5.41 Å². The van der Waals surface area contributed by atoms with Gasteiger partial charge in [0.15, 0.2) is 0 Å². The molecule has 1 atom stereocenters. The van der Waals surface area contributed by atoms with Gasteiger partial charge in [-0.15, -0.1) is 0 Å². The van der Waals surface area contributed by atoms with Gasteiger partial charge in [-0.2, -0.15) is 0 Å². The lowest BCUT2D eigenvalue weighted by Crippen LogP contribution is -2.38. The van der Waals surface area contributed by atoms with Crippen molar-refractivity contribution in [1.29, 1.82) is 0 Å². The molecule has 5 nitrogen and oxygen atoms in total. The molecule has 1 heterocycles. The Hall–Kier alpha value is -2.27. The van der Waals surface area contributed by atoms with Crippen LogP contribution in [0.1, 0.15) is 38.8 Å². The standard InChI is InChI=1S/C21H26ClN3O2/c1-14-12-25(13-23-14)18-10-9-17(11-19(18)27-4)24-20(26)21(2,3)15-5-7-16(22)8-6-15/h7,9-13,15H,5-6,8H2,1-4H3,(H,24,26). The molecule has 3 rings (SSSR count). The minimum atomic E-state index is -0.485. The Balaban J connectivity index is 1.78. The molecule has 6 heteroatoms. The molecule has 1 aromatic carbocycles. The van der Waals surface area contributed by atoms with E-state index in [9.17, 15) is 4.79 Å². The van der Waals surface area contributed by atoms with Gasteiger partial charge in [0.2, 0.25) is 5.91 Å². The van der Waals surface area contributed by atoms with E-state index in [2.05, 4.69) is 10.3 Å². The molecule has 2 aromatic rings. The van der Waals surface area contributed by atoms with Crippen LogP contribution in [-0.4, -0.2) is 22.6 Å². The molecule has 0 bridgehead atoms. The SMILES string of the molecule is COc1cc(NC(=O)C(C)(C)C2CC=C(Cl)CC2)ccc1-n1cnc(C)c1. The molecular formula is C21H26ClN3O2. The fourth-order valence-electron chi connectivity index (χ4n) is 3.46. The van der Waals surface area contributed by atoms with E-state index >= 15 is 0 Å². The number of anilines is 1. The van der Waals surface area contributed by atoms with E-state index in [4.69, 9.17) is 16.3 Å². The molecular weight excluding hydrogens is 362 g/mol. The predicted molar refractivity (Wildman–Crippen MR) is 109 cm³/mol. The number of carbonyl (C=O) groups excluding carboxylic acids is 1.